The number of ether oxygens (including phenoxy) is 1. The molecule has 1 aliphatic rings. The summed E-state index contributed by atoms with van der Waals surface area (Å²) < 4.78 is 5.48. The largest absolute Gasteiger partial charge is 0.493 e. The number of aromatic carboxylic acids is 1. The summed E-state index contributed by atoms with van der Waals surface area (Å²) in [4.78, 5) is 22.3. The van der Waals surface area contributed by atoms with Crippen molar-refractivity contribution in [2.75, 3.05) is 6.61 Å². The van der Waals surface area contributed by atoms with E-state index in [-0.39, 0.29) is 24.5 Å². The Morgan fingerprint density at radius 1 is 1.42 bits per heavy atom. The van der Waals surface area contributed by atoms with Crippen molar-refractivity contribution >= 4 is 11.9 Å². The fraction of sp³-hybridized carbons (Fsp3) is 0.429. The van der Waals surface area contributed by atoms with Gasteiger partial charge in [0, 0.05) is 6.04 Å². The maximum absolute atomic E-state index is 11.5. The topological polar surface area (TPSA) is 75.6 Å². The lowest BCUT2D eigenvalue weighted by Gasteiger charge is -2.10. The summed E-state index contributed by atoms with van der Waals surface area (Å²) in [5.74, 6) is -0.495. The molecule has 5 nitrogen and oxygen atoms in total. The second-order valence-electron chi connectivity index (χ2n) is 4.73. The van der Waals surface area contributed by atoms with Crippen LogP contribution in [-0.2, 0) is 4.79 Å². The number of nitrogens with one attached hydrogen (secondary N) is 1. The van der Waals surface area contributed by atoms with E-state index in [4.69, 9.17) is 9.84 Å². The number of carbonyl (C=O) groups excluding carboxylic acids is 1. The number of rotatable bonds is 6. The minimum Gasteiger partial charge on any atom is -0.493 e. The van der Waals surface area contributed by atoms with Crippen LogP contribution in [0.3, 0.4) is 0 Å². The van der Waals surface area contributed by atoms with Crippen molar-refractivity contribution in [2.24, 2.45) is 0 Å². The van der Waals surface area contributed by atoms with Crippen LogP contribution in [0.5, 0.6) is 5.75 Å². The summed E-state index contributed by atoms with van der Waals surface area (Å²) in [5.41, 5.74) is 1.04. The first-order valence-corrected chi connectivity index (χ1v) is 6.32. The number of carbonyl (C=O) groups is 2. The Hall–Kier alpha value is -2.04. The van der Waals surface area contributed by atoms with Crippen molar-refractivity contribution in [1.29, 1.82) is 0 Å². The molecule has 0 saturated heterocycles. The van der Waals surface area contributed by atoms with Gasteiger partial charge < -0.3 is 15.2 Å². The molecule has 19 heavy (non-hydrogen) atoms. The van der Waals surface area contributed by atoms with Crippen LogP contribution >= 0.6 is 0 Å². The van der Waals surface area contributed by atoms with Gasteiger partial charge in [0.1, 0.15) is 5.75 Å². The molecule has 1 amide bonds. The van der Waals surface area contributed by atoms with Crippen LogP contribution in [0.4, 0.5) is 0 Å². The number of carboxylic acids is 1. The van der Waals surface area contributed by atoms with Gasteiger partial charge in [-0.05, 0) is 37.5 Å². The summed E-state index contributed by atoms with van der Waals surface area (Å²) in [6.45, 7) is 2.09. The lowest BCUT2D eigenvalue weighted by atomic mass is 10.1. The van der Waals surface area contributed by atoms with Gasteiger partial charge in [-0.1, -0.05) is 6.07 Å². The number of aryl methyl sites for hydroxylation is 1. The predicted molar refractivity (Wildman–Crippen MR) is 69.4 cm³/mol. The number of amides is 1. The average molecular weight is 263 g/mol. The van der Waals surface area contributed by atoms with E-state index in [1.807, 2.05) is 6.92 Å². The molecule has 0 radical (unpaired) electrons. The highest BCUT2D eigenvalue weighted by Crippen LogP contribution is 2.20. The summed E-state index contributed by atoms with van der Waals surface area (Å²) in [6, 6.07) is 5.06. The Morgan fingerprint density at radius 3 is 2.79 bits per heavy atom. The molecule has 5 heteroatoms. The third-order valence-corrected chi connectivity index (χ3v) is 2.96. The van der Waals surface area contributed by atoms with Gasteiger partial charge in [0.15, 0.2) is 0 Å². The van der Waals surface area contributed by atoms with Crippen LogP contribution in [0.15, 0.2) is 18.2 Å². The highest BCUT2D eigenvalue weighted by Gasteiger charge is 2.22. The zero-order valence-electron chi connectivity index (χ0n) is 10.8. The molecular weight excluding hydrogens is 246 g/mol. The zero-order valence-corrected chi connectivity index (χ0v) is 10.8. The molecular formula is C14H17NO4. The van der Waals surface area contributed by atoms with Crippen LogP contribution in [0.1, 0.15) is 35.2 Å². The predicted octanol–water partition coefficient (Wildman–Crippen LogP) is 1.74. The fourth-order valence-corrected chi connectivity index (χ4v) is 1.67. The first kappa shape index (κ1) is 13.4. The lowest BCUT2D eigenvalue weighted by Crippen LogP contribution is -2.26. The van der Waals surface area contributed by atoms with Crippen molar-refractivity contribution in [1.82, 2.24) is 5.32 Å². The number of benzene rings is 1. The van der Waals surface area contributed by atoms with Gasteiger partial charge in [0.2, 0.25) is 5.91 Å². The normalized spacial score (nSPS) is 13.9. The van der Waals surface area contributed by atoms with E-state index in [9.17, 15) is 9.59 Å². The molecule has 0 spiro atoms. The maximum atomic E-state index is 11.5. The minimum absolute atomic E-state index is 0.0189. The summed E-state index contributed by atoms with van der Waals surface area (Å²) in [7, 11) is 0. The fourth-order valence-electron chi connectivity index (χ4n) is 1.67. The van der Waals surface area contributed by atoms with Gasteiger partial charge in [0.25, 0.3) is 0 Å². The van der Waals surface area contributed by atoms with Crippen molar-refractivity contribution in [2.45, 2.75) is 32.2 Å². The second kappa shape index (κ2) is 5.73. The van der Waals surface area contributed by atoms with Crippen LogP contribution in [-0.4, -0.2) is 29.6 Å². The molecule has 102 valence electrons. The van der Waals surface area contributed by atoms with Crippen LogP contribution in [0, 0.1) is 6.92 Å². The summed E-state index contributed by atoms with van der Waals surface area (Å²) in [6.07, 6.45) is 2.41. The van der Waals surface area contributed by atoms with E-state index >= 15 is 0 Å². The van der Waals surface area contributed by atoms with Crippen molar-refractivity contribution in [3.8, 4) is 5.75 Å². The summed E-state index contributed by atoms with van der Waals surface area (Å²) >= 11 is 0. The first-order chi connectivity index (χ1) is 9.06. The van der Waals surface area contributed by atoms with Crippen molar-refractivity contribution in [3.63, 3.8) is 0 Å². The smallest absolute Gasteiger partial charge is 0.335 e. The quantitative estimate of drug-likeness (QED) is 0.819. The lowest BCUT2D eigenvalue weighted by molar-refractivity contribution is -0.121. The molecule has 1 fully saturated rings. The van der Waals surface area contributed by atoms with Crippen LogP contribution < -0.4 is 10.1 Å². The van der Waals surface area contributed by atoms with Gasteiger partial charge in [-0.3, -0.25) is 4.79 Å². The molecule has 1 saturated carbocycles. The van der Waals surface area contributed by atoms with Crippen LogP contribution in [0.25, 0.3) is 0 Å². The van der Waals surface area contributed by atoms with Gasteiger partial charge in [0.05, 0.1) is 18.6 Å². The van der Waals surface area contributed by atoms with Crippen LogP contribution in [0.2, 0.25) is 0 Å². The number of hydrogen-bond acceptors (Lipinski definition) is 3. The standard InChI is InChI=1S/C14H17NO4/c1-9-2-3-10(14(17)18)8-12(9)19-7-6-13(16)15-11-4-5-11/h2-3,8,11H,4-7H2,1H3,(H,15,16)(H,17,18). The monoisotopic (exact) mass is 263 g/mol. The Bertz CT molecular complexity index is 494. The average Bonchev–Trinajstić information content (AvgIpc) is 3.15. The number of hydrogen-bond donors (Lipinski definition) is 2. The zero-order chi connectivity index (χ0) is 13.8. The van der Waals surface area contributed by atoms with E-state index in [1.165, 1.54) is 12.1 Å². The molecule has 1 aromatic carbocycles. The first-order valence-electron chi connectivity index (χ1n) is 6.32. The number of carboxylic acid groups (broad SMARTS) is 1. The minimum atomic E-state index is -0.990. The molecule has 0 aromatic heterocycles. The van der Waals surface area contributed by atoms with Gasteiger partial charge >= 0.3 is 5.97 Å². The van der Waals surface area contributed by atoms with E-state index in [1.54, 1.807) is 6.07 Å². The second-order valence-corrected chi connectivity index (χ2v) is 4.73. The molecule has 1 aliphatic carbocycles. The molecule has 0 atom stereocenters. The third kappa shape index (κ3) is 3.98. The molecule has 2 N–H and O–H groups in total. The van der Waals surface area contributed by atoms with E-state index in [0.717, 1.165) is 18.4 Å². The Kier molecular flexibility index (Phi) is 4.04. The van der Waals surface area contributed by atoms with E-state index in [0.29, 0.717) is 11.8 Å². The highest BCUT2D eigenvalue weighted by atomic mass is 16.5. The molecule has 0 heterocycles. The Labute approximate surface area is 111 Å². The molecule has 1 aromatic rings. The van der Waals surface area contributed by atoms with Gasteiger partial charge in [-0.2, -0.15) is 0 Å². The van der Waals surface area contributed by atoms with Crippen molar-refractivity contribution < 1.29 is 19.4 Å². The van der Waals surface area contributed by atoms with E-state index < -0.39 is 5.97 Å². The van der Waals surface area contributed by atoms with Gasteiger partial charge in [-0.15, -0.1) is 0 Å². The highest BCUT2D eigenvalue weighted by molar-refractivity contribution is 5.88. The molecule has 0 bridgehead atoms. The van der Waals surface area contributed by atoms with Gasteiger partial charge in [-0.25, -0.2) is 4.79 Å². The SMILES string of the molecule is Cc1ccc(C(=O)O)cc1OCCC(=O)NC1CC1. The Balaban J connectivity index is 1.85. The summed E-state index contributed by atoms with van der Waals surface area (Å²) in [5, 5.41) is 11.8. The maximum Gasteiger partial charge on any atom is 0.335 e. The molecule has 0 unspecified atom stereocenters. The van der Waals surface area contributed by atoms with E-state index in [2.05, 4.69) is 5.32 Å². The molecule has 2 rings (SSSR count). The Morgan fingerprint density at radius 2 is 2.16 bits per heavy atom. The van der Waals surface area contributed by atoms with Crippen molar-refractivity contribution in [3.05, 3.63) is 29.3 Å². The third-order valence-electron chi connectivity index (χ3n) is 2.96. The molecule has 0 aliphatic heterocycles.